The van der Waals surface area contributed by atoms with Crippen LogP contribution in [-0.2, 0) is 6.42 Å². The van der Waals surface area contributed by atoms with Crippen molar-refractivity contribution in [3.63, 3.8) is 0 Å². The summed E-state index contributed by atoms with van der Waals surface area (Å²) in [5.74, 6) is 2.26. The number of nitrogens with zero attached hydrogens (tertiary/aromatic N) is 2. The maximum Gasteiger partial charge on any atom is 0.136 e. The number of rotatable bonds is 6. The number of hydrogen-bond acceptors (Lipinski definition) is 4. The summed E-state index contributed by atoms with van der Waals surface area (Å²) in [5, 5.41) is 7.30. The molecule has 4 nitrogen and oxygen atoms in total. The fourth-order valence-corrected chi connectivity index (χ4v) is 2.61. The quantitative estimate of drug-likeness (QED) is 0.675. The van der Waals surface area contributed by atoms with E-state index in [4.69, 9.17) is 11.6 Å². The van der Waals surface area contributed by atoms with E-state index in [0.29, 0.717) is 10.8 Å². The Balaban J connectivity index is 1.65. The van der Waals surface area contributed by atoms with Crippen LogP contribution in [-0.4, -0.2) is 16.5 Å². The highest BCUT2D eigenvalue weighted by molar-refractivity contribution is 6.30. The molecule has 1 heterocycles. The molecule has 0 aliphatic heterocycles. The molecule has 0 bridgehead atoms. The second kappa shape index (κ2) is 7.79. The molecule has 5 heteroatoms. The van der Waals surface area contributed by atoms with Crippen molar-refractivity contribution in [3.05, 3.63) is 77.1 Å². The highest BCUT2D eigenvalue weighted by Crippen LogP contribution is 2.20. The molecular weight excluding hydrogens is 320 g/mol. The molecule has 2 N–H and O–H groups in total. The van der Waals surface area contributed by atoms with E-state index in [9.17, 15) is 0 Å². The van der Waals surface area contributed by atoms with Gasteiger partial charge in [-0.05, 0) is 37.1 Å². The third-order valence-electron chi connectivity index (χ3n) is 3.50. The van der Waals surface area contributed by atoms with Gasteiger partial charge >= 0.3 is 0 Å². The van der Waals surface area contributed by atoms with Crippen molar-refractivity contribution in [2.45, 2.75) is 13.3 Å². The largest absolute Gasteiger partial charge is 0.370 e. The lowest BCUT2D eigenvalue weighted by molar-refractivity contribution is 0.983. The third-order valence-corrected chi connectivity index (χ3v) is 3.73. The van der Waals surface area contributed by atoms with Crippen molar-refractivity contribution < 1.29 is 0 Å². The average molecular weight is 339 g/mol. The van der Waals surface area contributed by atoms with Gasteiger partial charge in [-0.1, -0.05) is 48.0 Å². The SMILES string of the molecule is Cc1nc(NCCc2ccccc2)cc(Nc2cccc(Cl)c2)n1. The van der Waals surface area contributed by atoms with Gasteiger partial charge in [0, 0.05) is 23.3 Å². The Hall–Kier alpha value is -2.59. The van der Waals surface area contributed by atoms with Crippen LogP contribution in [0.1, 0.15) is 11.4 Å². The van der Waals surface area contributed by atoms with Gasteiger partial charge in [0.05, 0.1) is 0 Å². The molecule has 3 aromatic rings. The molecule has 0 unspecified atom stereocenters. The number of aromatic nitrogens is 2. The second-order valence-corrected chi connectivity index (χ2v) is 5.92. The molecule has 0 aliphatic rings. The van der Waals surface area contributed by atoms with E-state index < -0.39 is 0 Å². The number of aryl methyl sites for hydroxylation is 1. The molecule has 0 saturated heterocycles. The summed E-state index contributed by atoms with van der Waals surface area (Å²) >= 11 is 6.02. The van der Waals surface area contributed by atoms with Crippen molar-refractivity contribution >= 4 is 28.9 Å². The van der Waals surface area contributed by atoms with Crippen LogP contribution >= 0.6 is 11.6 Å². The van der Waals surface area contributed by atoms with Crippen LogP contribution in [0.2, 0.25) is 5.02 Å². The monoisotopic (exact) mass is 338 g/mol. The van der Waals surface area contributed by atoms with Crippen LogP contribution in [0.3, 0.4) is 0 Å². The Kier molecular flexibility index (Phi) is 5.29. The lowest BCUT2D eigenvalue weighted by atomic mass is 10.1. The fourth-order valence-electron chi connectivity index (χ4n) is 2.42. The van der Waals surface area contributed by atoms with E-state index in [1.807, 2.05) is 43.3 Å². The fraction of sp³-hybridized carbons (Fsp3) is 0.158. The highest BCUT2D eigenvalue weighted by atomic mass is 35.5. The number of benzene rings is 2. The first-order valence-corrected chi connectivity index (χ1v) is 8.23. The minimum atomic E-state index is 0.687. The zero-order valence-electron chi connectivity index (χ0n) is 13.5. The molecule has 24 heavy (non-hydrogen) atoms. The molecule has 0 atom stereocenters. The number of hydrogen-bond donors (Lipinski definition) is 2. The summed E-state index contributed by atoms with van der Waals surface area (Å²) in [7, 11) is 0. The summed E-state index contributed by atoms with van der Waals surface area (Å²) in [6, 6.07) is 19.8. The number of anilines is 3. The smallest absolute Gasteiger partial charge is 0.136 e. The van der Waals surface area contributed by atoms with Crippen molar-refractivity contribution in [1.82, 2.24) is 9.97 Å². The molecule has 2 aromatic carbocycles. The predicted molar refractivity (Wildman–Crippen MR) is 100 cm³/mol. The van der Waals surface area contributed by atoms with Crippen LogP contribution in [0.4, 0.5) is 17.3 Å². The molecule has 3 rings (SSSR count). The van der Waals surface area contributed by atoms with Gasteiger partial charge in [0.15, 0.2) is 0 Å². The highest BCUT2D eigenvalue weighted by Gasteiger charge is 2.03. The van der Waals surface area contributed by atoms with Crippen LogP contribution < -0.4 is 10.6 Å². The first kappa shape index (κ1) is 16.3. The Bertz CT molecular complexity index is 805. The topological polar surface area (TPSA) is 49.8 Å². The van der Waals surface area contributed by atoms with E-state index in [1.165, 1.54) is 5.56 Å². The summed E-state index contributed by atoms with van der Waals surface area (Å²) in [6.07, 6.45) is 0.945. The molecular formula is C19H19ClN4. The lowest BCUT2D eigenvalue weighted by Crippen LogP contribution is -2.08. The third kappa shape index (κ3) is 4.70. The average Bonchev–Trinajstić information content (AvgIpc) is 2.55. The first-order chi connectivity index (χ1) is 11.7. The van der Waals surface area contributed by atoms with Crippen LogP contribution in [0, 0.1) is 6.92 Å². The predicted octanol–water partition coefficient (Wildman–Crippen LogP) is 4.84. The molecule has 0 aliphatic carbocycles. The van der Waals surface area contributed by atoms with Crippen LogP contribution in [0.5, 0.6) is 0 Å². The summed E-state index contributed by atoms with van der Waals surface area (Å²) in [6.45, 7) is 2.70. The zero-order chi connectivity index (χ0) is 16.8. The van der Waals surface area contributed by atoms with Gasteiger partial charge in [-0.15, -0.1) is 0 Å². The number of nitrogens with one attached hydrogen (secondary N) is 2. The van der Waals surface area contributed by atoms with E-state index in [-0.39, 0.29) is 0 Å². The Morgan fingerprint density at radius 3 is 2.50 bits per heavy atom. The van der Waals surface area contributed by atoms with Crippen molar-refractivity contribution in [3.8, 4) is 0 Å². The minimum Gasteiger partial charge on any atom is -0.370 e. The first-order valence-electron chi connectivity index (χ1n) is 7.85. The maximum atomic E-state index is 6.02. The Morgan fingerprint density at radius 2 is 1.71 bits per heavy atom. The van der Waals surface area contributed by atoms with Gasteiger partial charge in [0.2, 0.25) is 0 Å². The summed E-state index contributed by atoms with van der Waals surface area (Å²) < 4.78 is 0. The van der Waals surface area contributed by atoms with Gasteiger partial charge in [-0.2, -0.15) is 0 Å². The van der Waals surface area contributed by atoms with E-state index in [0.717, 1.165) is 30.3 Å². The minimum absolute atomic E-state index is 0.687. The van der Waals surface area contributed by atoms with Crippen molar-refractivity contribution in [1.29, 1.82) is 0 Å². The van der Waals surface area contributed by atoms with Gasteiger partial charge < -0.3 is 10.6 Å². The van der Waals surface area contributed by atoms with E-state index in [2.05, 4.69) is 44.9 Å². The summed E-state index contributed by atoms with van der Waals surface area (Å²) in [5.41, 5.74) is 2.20. The molecule has 0 spiro atoms. The standard InChI is InChI=1S/C19H19ClN4/c1-14-22-18(21-11-10-15-6-3-2-4-7-15)13-19(23-14)24-17-9-5-8-16(20)12-17/h2-9,12-13H,10-11H2,1H3,(H2,21,22,23,24). The van der Waals surface area contributed by atoms with Crippen molar-refractivity contribution in [2.75, 3.05) is 17.2 Å². The molecule has 0 fully saturated rings. The second-order valence-electron chi connectivity index (χ2n) is 5.48. The van der Waals surface area contributed by atoms with Gasteiger partial charge in [0.1, 0.15) is 17.5 Å². The molecule has 0 amide bonds. The molecule has 0 radical (unpaired) electrons. The van der Waals surface area contributed by atoms with E-state index in [1.54, 1.807) is 0 Å². The lowest BCUT2D eigenvalue weighted by Gasteiger charge is -2.10. The van der Waals surface area contributed by atoms with Crippen LogP contribution in [0.25, 0.3) is 0 Å². The molecule has 1 aromatic heterocycles. The normalized spacial score (nSPS) is 10.4. The van der Waals surface area contributed by atoms with Gasteiger partial charge in [-0.3, -0.25) is 0 Å². The molecule has 122 valence electrons. The van der Waals surface area contributed by atoms with Crippen LogP contribution in [0.15, 0.2) is 60.7 Å². The summed E-state index contributed by atoms with van der Waals surface area (Å²) in [4.78, 5) is 8.86. The maximum absolute atomic E-state index is 6.02. The zero-order valence-corrected chi connectivity index (χ0v) is 14.2. The van der Waals surface area contributed by atoms with E-state index >= 15 is 0 Å². The molecule has 0 saturated carbocycles. The Labute approximate surface area is 146 Å². The number of halogens is 1. The Morgan fingerprint density at radius 1 is 0.917 bits per heavy atom. The van der Waals surface area contributed by atoms with Gasteiger partial charge in [0.25, 0.3) is 0 Å². The van der Waals surface area contributed by atoms with Gasteiger partial charge in [-0.25, -0.2) is 9.97 Å². The van der Waals surface area contributed by atoms with Crippen molar-refractivity contribution in [2.24, 2.45) is 0 Å².